The first kappa shape index (κ1) is 14.8. The zero-order valence-electron chi connectivity index (χ0n) is 11.8. The average Bonchev–Trinajstić information content (AvgIpc) is 3.15. The van der Waals surface area contributed by atoms with Crippen LogP contribution in [-0.2, 0) is 11.3 Å². The summed E-state index contributed by atoms with van der Waals surface area (Å²) in [6.07, 6.45) is 1.54. The summed E-state index contributed by atoms with van der Waals surface area (Å²) in [4.78, 5) is 19.0. The van der Waals surface area contributed by atoms with Crippen LogP contribution in [0.5, 0.6) is 0 Å². The van der Waals surface area contributed by atoms with Crippen molar-refractivity contribution >= 4 is 28.9 Å². The van der Waals surface area contributed by atoms with Crippen molar-refractivity contribution in [3.05, 3.63) is 63.9 Å². The summed E-state index contributed by atoms with van der Waals surface area (Å²) in [5.41, 5.74) is 3.33. The molecule has 6 heteroatoms. The summed E-state index contributed by atoms with van der Waals surface area (Å²) >= 11 is 7.28. The third-order valence-electron chi connectivity index (χ3n) is 3.07. The zero-order valence-corrected chi connectivity index (χ0v) is 13.4. The second kappa shape index (κ2) is 6.34. The molecule has 1 aromatic carbocycles. The van der Waals surface area contributed by atoms with Gasteiger partial charge < -0.3 is 9.72 Å². The normalized spacial score (nSPS) is 10.6. The van der Waals surface area contributed by atoms with Crippen LogP contribution < -0.4 is 0 Å². The van der Waals surface area contributed by atoms with Crippen LogP contribution in [0.1, 0.15) is 21.7 Å². The molecule has 2 aromatic heterocycles. The van der Waals surface area contributed by atoms with E-state index in [-0.39, 0.29) is 6.61 Å². The fourth-order valence-corrected chi connectivity index (χ4v) is 2.88. The highest BCUT2D eigenvalue weighted by Crippen LogP contribution is 2.24. The lowest BCUT2D eigenvalue weighted by molar-refractivity contribution is 0.0462. The van der Waals surface area contributed by atoms with Gasteiger partial charge in [-0.05, 0) is 13.0 Å². The number of aryl methyl sites for hydroxylation is 1. The maximum absolute atomic E-state index is 11.8. The van der Waals surface area contributed by atoms with Crippen LogP contribution in [0.25, 0.3) is 10.6 Å². The van der Waals surface area contributed by atoms with Gasteiger partial charge in [-0.3, -0.25) is 0 Å². The minimum atomic E-state index is -0.447. The summed E-state index contributed by atoms with van der Waals surface area (Å²) in [6, 6.07) is 9.69. The molecule has 3 rings (SSSR count). The molecule has 0 saturated carbocycles. The second-order valence-electron chi connectivity index (χ2n) is 4.82. The molecule has 0 aliphatic carbocycles. The number of hydrogen-bond donors (Lipinski definition) is 1. The van der Waals surface area contributed by atoms with Gasteiger partial charge in [0, 0.05) is 17.1 Å². The fraction of sp³-hybridized carbons (Fsp3) is 0.125. The van der Waals surface area contributed by atoms with E-state index in [1.165, 1.54) is 29.2 Å². The fourth-order valence-electron chi connectivity index (χ4n) is 1.91. The van der Waals surface area contributed by atoms with Crippen LogP contribution in [-0.4, -0.2) is 15.9 Å². The summed E-state index contributed by atoms with van der Waals surface area (Å²) in [5, 5.41) is 3.28. The topological polar surface area (TPSA) is 55.0 Å². The van der Waals surface area contributed by atoms with E-state index in [4.69, 9.17) is 16.3 Å². The molecular weight excluding hydrogens is 320 g/mol. The Hall–Kier alpha value is -2.11. The number of esters is 1. The average molecular weight is 333 g/mol. The first-order valence-electron chi connectivity index (χ1n) is 6.64. The van der Waals surface area contributed by atoms with Crippen molar-refractivity contribution < 1.29 is 9.53 Å². The number of nitrogens with zero attached hydrogens (tertiary/aromatic N) is 1. The maximum atomic E-state index is 11.8. The predicted octanol–water partition coefficient (Wildman–Crippen LogP) is 4.46. The summed E-state index contributed by atoms with van der Waals surface area (Å²) in [7, 11) is 0. The van der Waals surface area contributed by atoms with Crippen LogP contribution >= 0.6 is 22.9 Å². The first-order valence-corrected chi connectivity index (χ1v) is 7.90. The van der Waals surface area contributed by atoms with E-state index in [2.05, 4.69) is 9.97 Å². The molecule has 0 bridgehead atoms. The van der Waals surface area contributed by atoms with Gasteiger partial charge >= 0.3 is 5.97 Å². The van der Waals surface area contributed by atoms with E-state index in [9.17, 15) is 4.79 Å². The van der Waals surface area contributed by atoms with Crippen molar-refractivity contribution in [1.29, 1.82) is 0 Å². The zero-order chi connectivity index (χ0) is 15.5. The van der Waals surface area contributed by atoms with Gasteiger partial charge in [0.05, 0.1) is 10.7 Å². The van der Waals surface area contributed by atoms with Crippen LogP contribution in [0.15, 0.2) is 41.9 Å². The van der Waals surface area contributed by atoms with Crippen LogP contribution in [0, 0.1) is 6.92 Å². The Balaban J connectivity index is 1.64. The summed E-state index contributed by atoms with van der Waals surface area (Å²) < 4.78 is 5.21. The summed E-state index contributed by atoms with van der Waals surface area (Å²) in [5.74, 6) is -0.447. The highest BCUT2D eigenvalue weighted by molar-refractivity contribution is 7.13. The molecule has 0 spiro atoms. The molecule has 3 aromatic rings. The molecule has 4 nitrogen and oxygen atoms in total. The third kappa shape index (κ3) is 3.37. The maximum Gasteiger partial charge on any atom is 0.355 e. The van der Waals surface area contributed by atoms with Gasteiger partial charge in [-0.25, -0.2) is 9.78 Å². The smallest absolute Gasteiger partial charge is 0.355 e. The lowest BCUT2D eigenvalue weighted by Crippen LogP contribution is -2.05. The Kier molecular flexibility index (Phi) is 4.27. The number of carbonyl (C=O) groups excluding carboxylic acids is 1. The van der Waals surface area contributed by atoms with Crippen molar-refractivity contribution in [1.82, 2.24) is 9.97 Å². The molecule has 112 valence electrons. The van der Waals surface area contributed by atoms with Crippen molar-refractivity contribution in [3.63, 3.8) is 0 Å². The van der Waals surface area contributed by atoms with Crippen molar-refractivity contribution in [2.45, 2.75) is 13.5 Å². The molecule has 0 radical (unpaired) electrons. The van der Waals surface area contributed by atoms with Crippen molar-refractivity contribution in [2.75, 3.05) is 0 Å². The van der Waals surface area contributed by atoms with E-state index in [1.54, 1.807) is 0 Å². The number of nitrogens with one attached hydrogen (secondary N) is 1. The van der Waals surface area contributed by atoms with Crippen molar-refractivity contribution in [2.24, 2.45) is 0 Å². The minimum Gasteiger partial charge on any atom is -0.454 e. The van der Waals surface area contributed by atoms with E-state index < -0.39 is 5.97 Å². The Bertz CT molecular complexity index is 793. The molecule has 0 saturated heterocycles. The minimum absolute atomic E-state index is 0.137. The SMILES string of the molecule is Cc1ccc(-c2nc(COC(=O)c3cc(Cl)c[nH]3)cs2)cc1. The third-order valence-corrected chi connectivity index (χ3v) is 4.23. The lowest BCUT2D eigenvalue weighted by atomic mass is 10.2. The first-order chi connectivity index (χ1) is 10.6. The number of halogens is 1. The van der Waals surface area contributed by atoms with Gasteiger partial charge in [0.2, 0.25) is 0 Å². The predicted molar refractivity (Wildman–Crippen MR) is 87.2 cm³/mol. The monoisotopic (exact) mass is 332 g/mol. The molecular formula is C16H13ClN2O2S. The van der Waals surface area contributed by atoms with E-state index >= 15 is 0 Å². The standard InChI is InChI=1S/C16H13ClN2O2S/c1-10-2-4-11(5-3-10)15-19-13(9-22-15)8-21-16(20)14-6-12(17)7-18-14/h2-7,9,18H,8H2,1H3. The number of carbonyl (C=O) groups is 1. The van der Waals surface area contributed by atoms with Crippen LogP contribution in [0.2, 0.25) is 5.02 Å². The van der Waals surface area contributed by atoms with Crippen LogP contribution in [0.4, 0.5) is 0 Å². The highest BCUT2D eigenvalue weighted by atomic mass is 35.5. The molecule has 0 atom stereocenters. The van der Waals surface area contributed by atoms with E-state index in [1.807, 2.05) is 36.6 Å². The number of benzene rings is 1. The van der Waals surface area contributed by atoms with Gasteiger partial charge in [0.25, 0.3) is 0 Å². The number of aromatic amines is 1. The largest absolute Gasteiger partial charge is 0.454 e. The van der Waals surface area contributed by atoms with Gasteiger partial charge in [0.1, 0.15) is 17.3 Å². The Morgan fingerprint density at radius 2 is 2.14 bits per heavy atom. The van der Waals surface area contributed by atoms with Crippen molar-refractivity contribution in [3.8, 4) is 10.6 Å². The number of rotatable bonds is 4. The Morgan fingerprint density at radius 1 is 1.36 bits per heavy atom. The quantitative estimate of drug-likeness (QED) is 0.718. The van der Waals surface area contributed by atoms with Gasteiger partial charge in [0.15, 0.2) is 0 Å². The number of aromatic nitrogens is 2. The molecule has 0 unspecified atom stereocenters. The highest BCUT2D eigenvalue weighted by Gasteiger charge is 2.11. The molecule has 0 fully saturated rings. The van der Waals surface area contributed by atoms with Gasteiger partial charge in [-0.2, -0.15) is 0 Å². The number of ether oxygens (including phenoxy) is 1. The molecule has 2 heterocycles. The van der Waals surface area contributed by atoms with Crippen LogP contribution in [0.3, 0.4) is 0 Å². The molecule has 0 aliphatic heterocycles. The second-order valence-corrected chi connectivity index (χ2v) is 6.11. The Labute approximate surface area is 136 Å². The number of H-pyrrole nitrogens is 1. The molecule has 1 N–H and O–H groups in total. The van der Waals surface area contributed by atoms with E-state index in [0.717, 1.165) is 16.3 Å². The number of thiazole rings is 1. The van der Waals surface area contributed by atoms with Gasteiger partial charge in [-0.15, -0.1) is 11.3 Å². The lowest BCUT2D eigenvalue weighted by Gasteiger charge is -2.00. The van der Waals surface area contributed by atoms with Gasteiger partial charge in [-0.1, -0.05) is 41.4 Å². The molecule has 0 amide bonds. The van der Waals surface area contributed by atoms with E-state index in [0.29, 0.717) is 10.7 Å². The number of hydrogen-bond acceptors (Lipinski definition) is 4. The Morgan fingerprint density at radius 3 is 2.82 bits per heavy atom. The summed E-state index contributed by atoms with van der Waals surface area (Å²) in [6.45, 7) is 2.18. The molecule has 22 heavy (non-hydrogen) atoms. The molecule has 0 aliphatic rings.